The second-order valence-corrected chi connectivity index (χ2v) is 4.48. The van der Waals surface area contributed by atoms with Gasteiger partial charge < -0.3 is 5.32 Å². The summed E-state index contributed by atoms with van der Waals surface area (Å²) in [5.41, 5.74) is 1.32. The van der Waals surface area contributed by atoms with E-state index in [1.807, 2.05) is 18.5 Å². The maximum Gasteiger partial charge on any atom is 0.0312 e. The number of aromatic nitrogens is 1. The van der Waals surface area contributed by atoms with Crippen LogP contribution < -0.4 is 5.32 Å². The lowest BCUT2D eigenvalue weighted by atomic mass is 10.1. The molecule has 4 heteroatoms. The maximum absolute atomic E-state index is 4.18. The van der Waals surface area contributed by atoms with E-state index in [9.17, 15) is 0 Å². The first-order valence-electron chi connectivity index (χ1n) is 6.24. The molecule has 17 heavy (non-hydrogen) atoms. The van der Waals surface area contributed by atoms with E-state index in [0.717, 1.165) is 26.2 Å². The molecule has 0 aliphatic carbocycles. The first kappa shape index (κ1) is 14.4. The predicted molar refractivity (Wildman–Crippen MR) is 73.5 cm³/mol. The van der Waals surface area contributed by atoms with E-state index in [4.69, 9.17) is 0 Å². The predicted octanol–water partition coefficient (Wildman–Crippen LogP) is 2.08. The Balaban J connectivity index is 0.00000144. The molecule has 1 N–H and O–H groups in total. The molecule has 0 saturated carbocycles. The van der Waals surface area contributed by atoms with E-state index in [1.54, 1.807) is 0 Å². The molecular weight excluding hydrogens is 234 g/mol. The van der Waals surface area contributed by atoms with Gasteiger partial charge in [-0.3, -0.25) is 9.88 Å². The first-order chi connectivity index (χ1) is 7.90. The number of nitrogens with one attached hydrogen (secondary N) is 1. The zero-order valence-electron chi connectivity index (χ0n) is 10.4. The van der Waals surface area contributed by atoms with Crippen molar-refractivity contribution in [2.45, 2.75) is 32.4 Å². The molecule has 1 atom stereocenters. The molecule has 0 radical (unpaired) electrons. The SMILES string of the molecule is CCCC1CNCCN1Cc1cccnc1.Cl. The molecule has 1 aliphatic rings. The average Bonchev–Trinajstić information content (AvgIpc) is 2.33. The molecule has 1 aromatic rings. The first-order valence-corrected chi connectivity index (χ1v) is 6.24. The highest BCUT2D eigenvalue weighted by Gasteiger charge is 2.20. The van der Waals surface area contributed by atoms with Crippen LogP contribution in [0.15, 0.2) is 24.5 Å². The fraction of sp³-hybridized carbons (Fsp3) is 0.615. The number of pyridine rings is 1. The molecule has 96 valence electrons. The highest BCUT2D eigenvalue weighted by molar-refractivity contribution is 5.85. The normalized spacial score (nSPS) is 20.9. The summed E-state index contributed by atoms with van der Waals surface area (Å²) in [6.45, 7) is 6.70. The highest BCUT2D eigenvalue weighted by Crippen LogP contribution is 2.13. The molecule has 0 amide bonds. The second kappa shape index (κ2) is 7.64. The molecule has 1 aromatic heterocycles. The van der Waals surface area contributed by atoms with Gasteiger partial charge in [-0.1, -0.05) is 19.4 Å². The van der Waals surface area contributed by atoms with Crippen molar-refractivity contribution in [3.8, 4) is 0 Å². The van der Waals surface area contributed by atoms with Crippen LogP contribution in [0.5, 0.6) is 0 Å². The Morgan fingerprint density at radius 2 is 2.41 bits per heavy atom. The maximum atomic E-state index is 4.18. The van der Waals surface area contributed by atoms with Crippen molar-refractivity contribution in [2.75, 3.05) is 19.6 Å². The van der Waals surface area contributed by atoms with Crippen molar-refractivity contribution >= 4 is 12.4 Å². The van der Waals surface area contributed by atoms with Crippen molar-refractivity contribution < 1.29 is 0 Å². The molecule has 0 spiro atoms. The van der Waals surface area contributed by atoms with Gasteiger partial charge in [0.15, 0.2) is 0 Å². The monoisotopic (exact) mass is 255 g/mol. The topological polar surface area (TPSA) is 28.2 Å². The van der Waals surface area contributed by atoms with Crippen LogP contribution in [0.25, 0.3) is 0 Å². The van der Waals surface area contributed by atoms with Gasteiger partial charge in [-0.05, 0) is 18.1 Å². The van der Waals surface area contributed by atoms with Gasteiger partial charge in [0.05, 0.1) is 0 Å². The second-order valence-electron chi connectivity index (χ2n) is 4.48. The van der Waals surface area contributed by atoms with Crippen molar-refractivity contribution in [1.82, 2.24) is 15.2 Å². The lowest BCUT2D eigenvalue weighted by Gasteiger charge is -2.36. The van der Waals surface area contributed by atoms with Gasteiger partial charge in [0.1, 0.15) is 0 Å². The van der Waals surface area contributed by atoms with Gasteiger partial charge in [0.25, 0.3) is 0 Å². The van der Waals surface area contributed by atoms with Crippen LogP contribution in [-0.4, -0.2) is 35.6 Å². The third-order valence-corrected chi connectivity index (χ3v) is 3.20. The molecule has 1 aliphatic heterocycles. The summed E-state index contributed by atoms with van der Waals surface area (Å²) in [4.78, 5) is 6.76. The number of hydrogen-bond acceptors (Lipinski definition) is 3. The molecule has 0 bridgehead atoms. The van der Waals surface area contributed by atoms with E-state index >= 15 is 0 Å². The summed E-state index contributed by atoms with van der Waals surface area (Å²) in [6, 6.07) is 4.88. The largest absolute Gasteiger partial charge is 0.314 e. The molecule has 2 rings (SSSR count). The minimum absolute atomic E-state index is 0. The quantitative estimate of drug-likeness (QED) is 0.893. The third-order valence-electron chi connectivity index (χ3n) is 3.20. The van der Waals surface area contributed by atoms with Crippen LogP contribution >= 0.6 is 12.4 Å². The van der Waals surface area contributed by atoms with Gasteiger partial charge >= 0.3 is 0 Å². The minimum atomic E-state index is 0. The summed E-state index contributed by atoms with van der Waals surface area (Å²) < 4.78 is 0. The van der Waals surface area contributed by atoms with Crippen LogP contribution in [0, 0.1) is 0 Å². The Morgan fingerprint density at radius 3 is 3.12 bits per heavy atom. The summed E-state index contributed by atoms with van der Waals surface area (Å²) in [5.74, 6) is 0. The van der Waals surface area contributed by atoms with E-state index in [1.165, 1.54) is 18.4 Å². The van der Waals surface area contributed by atoms with Crippen molar-refractivity contribution in [3.05, 3.63) is 30.1 Å². The van der Waals surface area contributed by atoms with Crippen LogP contribution in [-0.2, 0) is 6.54 Å². The molecule has 0 aromatic carbocycles. The average molecular weight is 256 g/mol. The Labute approximate surface area is 110 Å². The molecule has 1 fully saturated rings. The highest BCUT2D eigenvalue weighted by atomic mass is 35.5. The van der Waals surface area contributed by atoms with Crippen molar-refractivity contribution in [2.24, 2.45) is 0 Å². The number of piperazine rings is 1. The molecular formula is C13H22ClN3. The number of hydrogen-bond donors (Lipinski definition) is 1. The van der Waals surface area contributed by atoms with Gasteiger partial charge in [-0.2, -0.15) is 0 Å². The third kappa shape index (κ3) is 4.26. The summed E-state index contributed by atoms with van der Waals surface area (Å²) >= 11 is 0. The lowest BCUT2D eigenvalue weighted by molar-refractivity contribution is 0.144. The molecule has 1 unspecified atom stereocenters. The van der Waals surface area contributed by atoms with Crippen LogP contribution in [0.1, 0.15) is 25.3 Å². The summed E-state index contributed by atoms with van der Waals surface area (Å²) in [5, 5.41) is 3.48. The Hall–Kier alpha value is -0.640. The minimum Gasteiger partial charge on any atom is -0.314 e. The number of halogens is 1. The number of rotatable bonds is 4. The van der Waals surface area contributed by atoms with Crippen LogP contribution in [0.4, 0.5) is 0 Å². The van der Waals surface area contributed by atoms with Gasteiger partial charge in [-0.15, -0.1) is 12.4 Å². The Kier molecular flexibility index (Phi) is 6.48. The van der Waals surface area contributed by atoms with Gasteiger partial charge in [-0.25, -0.2) is 0 Å². The molecule has 2 heterocycles. The zero-order valence-corrected chi connectivity index (χ0v) is 11.2. The van der Waals surface area contributed by atoms with E-state index in [2.05, 4.69) is 28.2 Å². The summed E-state index contributed by atoms with van der Waals surface area (Å²) in [6.07, 6.45) is 6.36. The zero-order chi connectivity index (χ0) is 11.2. The van der Waals surface area contributed by atoms with E-state index in [-0.39, 0.29) is 12.4 Å². The van der Waals surface area contributed by atoms with E-state index < -0.39 is 0 Å². The molecule has 1 saturated heterocycles. The Bertz CT molecular complexity index is 303. The van der Waals surface area contributed by atoms with Crippen LogP contribution in [0.2, 0.25) is 0 Å². The fourth-order valence-corrected chi connectivity index (χ4v) is 2.36. The van der Waals surface area contributed by atoms with Gasteiger partial charge in [0, 0.05) is 44.6 Å². The standard InChI is InChI=1S/C13H21N3.ClH/c1-2-4-13-10-15-7-8-16(13)11-12-5-3-6-14-9-12;/h3,5-6,9,13,15H,2,4,7-8,10-11H2,1H3;1H. The Morgan fingerprint density at radius 1 is 1.53 bits per heavy atom. The van der Waals surface area contributed by atoms with Crippen molar-refractivity contribution in [1.29, 1.82) is 0 Å². The van der Waals surface area contributed by atoms with Crippen molar-refractivity contribution in [3.63, 3.8) is 0 Å². The van der Waals surface area contributed by atoms with Gasteiger partial charge in [0.2, 0.25) is 0 Å². The smallest absolute Gasteiger partial charge is 0.0312 e. The van der Waals surface area contributed by atoms with Crippen LogP contribution in [0.3, 0.4) is 0 Å². The van der Waals surface area contributed by atoms with E-state index in [0.29, 0.717) is 6.04 Å². The summed E-state index contributed by atoms with van der Waals surface area (Å²) in [7, 11) is 0. The fourth-order valence-electron chi connectivity index (χ4n) is 2.36. The number of nitrogens with zero attached hydrogens (tertiary/aromatic N) is 2. The molecule has 3 nitrogen and oxygen atoms in total. The lowest BCUT2D eigenvalue weighted by Crippen LogP contribution is -2.50.